The molecule has 0 saturated carbocycles. The Labute approximate surface area is 167 Å². The van der Waals surface area contributed by atoms with Crippen LogP contribution in [0.5, 0.6) is 0 Å². The molecule has 4 nitrogen and oxygen atoms in total. The summed E-state index contributed by atoms with van der Waals surface area (Å²) in [4.78, 5) is 0. The number of hydrogen-bond acceptors (Lipinski definition) is 3. The lowest BCUT2D eigenvalue weighted by atomic mass is 9.87. The van der Waals surface area contributed by atoms with Gasteiger partial charge in [0.05, 0.1) is 11.2 Å². The average molecular weight is 405 g/mol. The van der Waals surface area contributed by atoms with Crippen LogP contribution in [0.2, 0.25) is 10.0 Å². The third-order valence-electron chi connectivity index (χ3n) is 3.93. The van der Waals surface area contributed by atoms with Crippen LogP contribution in [0.25, 0.3) is 11.4 Å². The fourth-order valence-electron chi connectivity index (χ4n) is 2.43. The molecule has 134 valence electrons. The van der Waals surface area contributed by atoms with E-state index in [9.17, 15) is 0 Å². The van der Waals surface area contributed by atoms with Gasteiger partial charge in [-0.1, -0.05) is 74.3 Å². The molecule has 0 atom stereocenters. The van der Waals surface area contributed by atoms with Gasteiger partial charge < -0.3 is 0 Å². The fourth-order valence-corrected chi connectivity index (χ4v) is 3.07. The van der Waals surface area contributed by atoms with Crippen molar-refractivity contribution in [2.24, 2.45) is 5.10 Å². The van der Waals surface area contributed by atoms with E-state index in [1.54, 1.807) is 29.1 Å². The highest BCUT2D eigenvalue weighted by atomic mass is 35.5. The van der Waals surface area contributed by atoms with Gasteiger partial charge in [-0.15, -0.1) is 0 Å². The third-order valence-corrected chi connectivity index (χ3v) is 4.76. The zero-order chi connectivity index (χ0) is 18.9. The van der Waals surface area contributed by atoms with Crippen molar-refractivity contribution in [2.45, 2.75) is 26.2 Å². The van der Waals surface area contributed by atoms with Crippen LogP contribution >= 0.6 is 35.4 Å². The number of aromatic amines is 1. The van der Waals surface area contributed by atoms with E-state index < -0.39 is 0 Å². The molecule has 0 amide bonds. The molecule has 0 aliphatic rings. The summed E-state index contributed by atoms with van der Waals surface area (Å²) in [5, 5.41) is 12.6. The van der Waals surface area contributed by atoms with Crippen LogP contribution < -0.4 is 0 Å². The second-order valence-electron chi connectivity index (χ2n) is 6.90. The van der Waals surface area contributed by atoms with Crippen molar-refractivity contribution in [3.63, 3.8) is 0 Å². The van der Waals surface area contributed by atoms with Crippen LogP contribution in [0.4, 0.5) is 0 Å². The zero-order valence-electron chi connectivity index (χ0n) is 14.6. The number of benzene rings is 2. The highest BCUT2D eigenvalue weighted by Gasteiger charge is 2.14. The highest BCUT2D eigenvalue weighted by molar-refractivity contribution is 7.71. The van der Waals surface area contributed by atoms with Crippen LogP contribution in [0.1, 0.15) is 31.9 Å². The van der Waals surface area contributed by atoms with E-state index in [0.29, 0.717) is 20.6 Å². The maximum atomic E-state index is 6.19. The van der Waals surface area contributed by atoms with Gasteiger partial charge >= 0.3 is 0 Å². The zero-order valence-corrected chi connectivity index (χ0v) is 17.0. The molecule has 1 heterocycles. The number of rotatable bonds is 3. The Hall–Kier alpha value is -1.95. The second kappa shape index (κ2) is 7.35. The van der Waals surface area contributed by atoms with Gasteiger partial charge in [-0.2, -0.15) is 14.9 Å². The summed E-state index contributed by atoms with van der Waals surface area (Å²) in [6.45, 7) is 6.54. The van der Waals surface area contributed by atoms with Crippen LogP contribution in [0.3, 0.4) is 0 Å². The molecule has 0 aliphatic heterocycles. The number of aromatic nitrogens is 3. The normalized spacial score (nSPS) is 12.0. The van der Waals surface area contributed by atoms with Crippen molar-refractivity contribution in [2.75, 3.05) is 0 Å². The van der Waals surface area contributed by atoms with Gasteiger partial charge in [0.15, 0.2) is 5.82 Å². The summed E-state index contributed by atoms with van der Waals surface area (Å²) in [6, 6.07) is 13.5. The largest absolute Gasteiger partial charge is 0.250 e. The Kier molecular flexibility index (Phi) is 5.32. The summed E-state index contributed by atoms with van der Waals surface area (Å²) in [7, 11) is 0. The average Bonchev–Trinajstić information content (AvgIpc) is 2.94. The molecule has 0 unspecified atom stereocenters. The smallest absolute Gasteiger partial charge is 0.216 e. The van der Waals surface area contributed by atoms with Gasteiger partial charge in [0.1, 0.15) is 0 Å². The van der Waals surface area contributed by atoms with Gasteiger partial charge in [0, 0.05) is 16.1 Å². The van der Waals surface area contributed by atoms with E-state index in [-0.39, 0.29) is 5.41 Å². The fraction of sp³-hybridized carbons (Fsp3) is 0.211. The Morgan fingerprint density at radius 1 is 1.12 bits per heavy atom. The molecule has 1 aromatic heterocycles. The van der Waals surface area contributed by atoms with Crippen LogP contribution in [0, 0.1) is 4.77 Å². The molecule has 0 radical (unpaired) electrons. The Balaban J connectivity index is 1.97. The summed E-state index contributed by atoms with van der Waals surface area (Å²) in [5.74, 6) is 0.636. The molecule has 7 heteroatoms. The maximum Gasteiger partial charge on any atom is 0.216 e. The van der Waals surface area contributed by atoms with Gasteiger partial charge in [0.2, 0.25) is 4.77 Å². The summed E-state index contributed by atoms with van der Waals surface area (Å²) in [6.07, 6.45) is 1.64. The number of nitrogens with zero attached hydrogens (tertiary/aromatic N) is 3. The standard InChI is InChI=1S/C19H18Cl2N4S/c1-19(2,3)14-7-4-12(5-8-14)17-23-24-18(26)25(17)22-11-13-6-9-15(20)10-16(13)21/h4-11H,1-3H3,(H,24,26)/b22-11+. The molecular weight excluding hydrogens is 387 g/mol. The number of nitrogens with one attached hydrogen (secondary N) is 1. The number of halogens is 2. The first kappa shape index (κ1) is 18.8. The molecule has 0 aliphatic carbocycles. The van der Waals surface area contributed by atoms with Gasteiger partial charge in [0.25, 0.3) is 0 Å². The molecular formula is C19H18Cl2N4S. The first-order valence-electron chi connectivity index (χ1n) is 8.03. The maximum absolute atomic E-state index is 6.19. The molecule has 0 bridgehead atoms. The quantitative estimate of drug-likeness (QED) is 0.423. The predicted molar refractivity (Wildman–Crippen MR) is 111 cm³/mol. The van der Waals surface area contributed by atoms with Gasteiger partial charge in [-0.25, -0.2) is 5.10 Å². The van der Waals surface area contributed by atoms with E-state index in [1.165, 1.54) is 5.56 Å². The van der Waals surface area contributed by atoms with E-state index in [0.717, 1.165) is 11.1 Å². The first-order valence-corrected chi connectivity index (χ1v) is 9.20. The molecule has 3 rings (SSSR count). The molecule has 0 saturated heterocycles. The molecule has 26 heavy (non-hydrogen) atoms. The summed E-state index contributed by atoms with van der Waals surface area (Å²) < 4.78 is 1.98. The lowest BCUT2D eigenvalue weighted by Crippen LogP contribution is -2.10. The third kappa shape index (κ3) is 4.06. The lowest BCUT2D eigenvalue weighted by molar-refractivity contribution is 0.590. The van der Waals surface area contributed by atoms with Crippen LogP contribution in [0.15, 0.2) is 47.6 Å². The van der Waals surface area contributed by atoms with Gasteiger partial charge in [-0.3, -0.25) is 0 Å². The topological polar surface area (TPSA) is 46.0 Å². The molecule has 0 fully saturated rings. The van der Waals surface area contributed by atoms with Crippen molar-refractivity contribution in [3.8, 4) is 11.4 Å². The highest BCUT2D eigenvalue weighted by Crippen LogP contribution is 2.25. The van der Waals surface area contributed by atoms with Gasteiger partial charge in [-0.05, 0) is 35.3 Å². The predicted octanol–water partition coefficient (Wildman–Crippen LogP) is 6.09. The van der Waals surface area contributed by atoms with Crippen molar-refractivity contribution in [1.82, 2.24) is 14.9 Å². The first-order chi connectivity index (χ1) is 12.3. The minimum absolute atomic E-state index is 0.0900. The molecule has 0 spiro atoms. The Morgan fingerprint density at radius 2 is 1.81 bits per heavy atom. The minimum atomic E-state index is 0.0900. The van der Waals surface area contributed by atoms with Crippen LogP contribution in [-0.2, 0) is 5.41 Å². The summed E-state index contributed by atoms with van der Waals surface area (Å²) in [5.41, 5.74) is 3.00. The molecule has 1 N–H and O–H groups in total. The monoisotopic (exact) mass is 404 g/mol. The van der Waals surface area contributed by atoms with Crippen molar-refractivity contribution >= 4 is 41.6 Å². The Morgan fingerprint density at radius 3 is 2.42 bits per heavy atom. The van der Waals surface area contributed by atoms with Crippen molar-refractivity contribution in [1.29, 1.82) is 0 Å². The number of hydrogen-bond donors (Lipinski definition) is 1. The SMILES string of the molecule is CC(C)(C)c1ccc(-c2n[nH]c(=S)n2/N=C/c2ccc(Cl)cc2Cl)cc1. The van der Waals surface area contributed by atoms with Crippen LogP contribution in [-0.4, -0.2) is 21.1 Å². The summed E-state index contributed by atoms with van der Waals surface area (Å²) >= 11 is 17.4. The van der Waals surface area contributed by atoms with E-state index in [4.69, 9.17) is 35.4 Å². The second-order valence-corrected chi connectivity index (χ2v) is 8.13. The molecule has 3 aromatic rings. The molecule has 2 aromatic carbocycles. The lowest BCUT2D eigenvalue weighted by Gasteiger charge is -2.18. The van der Waals surface area contributed by atoms with E-state index in [2.05, 4.69) is 48.2 Å². The minimum Gasteiger partial charge on any atom is -0.250 e. The van der Waals surface area contributed by atoms with E-state index in [1.807, 2.05) is 12.1 Å². The van der Waals surface area contributed by atoms with Crippen molar-refractivity contribution in [3.05, 3.63) is 68.4 Å². The van der Waals surface area contributed by atoms with E-state index >= 15 is 0 Å². The number of H-pyrrole nitrogens is 1. The van der Waals surface area contributed by atoms with Crippen molar-refractivity contribution < 1.29 is 0 Å². The Bertz CT molecular complexity index is 1010.